The maximum atomic E-state index is 9.86. The van der Waals surface area contributed by atoms with E-state index >= 15 is 0 Å². The van der Waals surface area contributed by atoms with E-state index in [9.17, 15) is 5.26 Å². The highest BCUT2D eigenvalue weighted by Gasteiger charge is 2.10. The SMILES string of the molecule is C=C(C[C@@H](C#N)CC(C)C)O[O-]. The number of hydrogen-bond donors (Lipinski definition) is 0. The van der Waals surface area contributed by atoms with Crippen LogP contribution in [0.1, 0.15) is 26.7 Å². The van der Waals surface area contributed by atoms with Crippen LogP contribution in [-0.4, -0.2) is 0 Å². The van der Waals surface area contributed by atoms with Crippen molar-refractivity contribution in [2.75, 3.05) is 0 Å². The lowest BCUT2D eigenvalue weighted by Crippen LogP contribution is -2.09. The Labute approximate surface area is 73.2 Å². The molecule has 0 heterocycles. The topological polar surface area (TPSA) is 56.1 Å². The molecule has 0 rings (SSSR count). The zero-order valence-electron chi connectivity index (χ0n) is 7.54. The molecule has 0 bridgehead atoms. The van der Waals surface area contributed by atoms with Crippen molar-refractivity contribution in [3.63, 3.8) is 0 Å². The van der Waals surface area contributed by atoms with E-state index in [2.05, 4.69) is 17.5 Å². The van der Waals surface area contributed by atoms with Gasteiger partial charge < -0.3 is 10.1 Å². The molecule has 0 unspecified atom stereocenters. The van der Waals surface area contributed by atoms with E-state index in [-0.39, 0.29) is 11.7 Å². The summed E-state index contributed by atoms with van der Waals surface area (Å²) in [5, 5.41) is 18.5. The molecule has 0 spiro atoms. The van der Waals surface area contributed by atoms with Crippen LogP contribution >= 0.6 is 0 Å². The normalized spacial score (nSPS) is 12.2. The van der Waals surface area contributed by atoms with Crippen molar-refractivity contribution >= 4 is 0 Å². The molecule has 0 fully saturated rings. The van der Waals surface area contributed by atoms with Crippen molar-refractivity contribution in [1.82, 2.24) is 0 Å². The molecule has 0 aromatic heterocycles. The molecule has 0 aromatic carbocycles. The Hall–Kier alpha value is -1.01. The van der Waals surface area contributed by atoms with Gasteiger partial charge in [0.15, 0.2) is 0 Å². The Balaban J connectivity index is 3.85. The van der Waals surface area contributed by atoms with E-state index < -0.39 is 0 Å². The van der Waals surface area contributed by atoms with Crippen LogP contribution in [0.4, 0.5) is 0 Å². The number of hydrogen-bond acceptors (Lipinski definition) is 3. The first-order valence-electron chi connectivity index (χ1n) is 3.97. The predicted octanol–water partition coefficient (Wildman–Crippen LogP) is 1.37. The van der Waals surface area contributed by atoms with Crippen LogP contribution < -0.4 is 5.26 Å². The Bertz CT molecular complexity index is 181. The van der Waals surface area contributed by atoms with Crippen LogP contribution in [0.2, 0.25) is 0 Å². The molecule has 0 radical (unpaired) electrons. The van der Waals surface area contributed by atoms with Gasteiger partial charge in [-0.25, -0.2) is 0 Å². The minimum Gasteiger partial charge on any atom is -0.664 e. The summed E-state index contributed by atoms with van der Waals surface area (Å²) in [6, 6.07) is 2.12. The van der Waals surface area contributed by atoms with Crippen LogP contribution in [0, 0.1) is 23.2 Å². The smallest absolute Gasteiger partial charge is 0.0812 e. The zero-order chi connectivity index (χ0) is 9.56. The van der Waals surface area contributed by atoms with E-state index in [1.807, 2.05) is 13.8 Å². The molecular formula is C9H14NO2-. The molecule has 0 aliphatic carbocycles. The van der Waals surface area contributed by atoms with Crippen LogP contribution in [-0.2, 0) is 4.89 Å². The third-order valence-electron chi connectivity index (χ3n) is 1.53. The fourth-order valence-electron chi connectivity index (χ4n) is 1.06. The Morgan fingerprint density at radius 3 is 2.58 bits per heavy atom. The summed E-state index contributed by atoms with van der Waals surface area (Å²) in [6.45, 7) is 7.45. The van der Waals surface area contributed by atoms with Crippen LogP contribution in [0.15, 0.2) is 12.3 Å². The van der Waals surface area contributed by atoms with Crippen molar-refractivity contribution in [2.45, 2.75) is 26.7 Å². The third-order valence-corrected chi connectivity index (χ3v) is 1.53. The molecule has 12 heavy (non-hydrogen) atoms. The highest BCUT2D eigenvalue weighted by Crippen LogP contribution is 2.17. The summed E-state index contributed by atoms with van der Waals surface area (Å²) in [7, 11) is 0. The number of nitrogens with zero attached hydrogens (tertiary/aromatic N) is 1. The molecule has 3 nitrogen and oxygen atoms in total. The molecule has 1 atom stereocenters. The molecule has 0 N–H and O–H groups in total. The van der Waals surface area contributed by atoms with Gasteiger partial charge in [-0.2, -0.15) is 5.26 Å². The number of allylic oxidation sites excluding steroid dienone is 1. The first-order chi connectivity index (χ1) is 5.60. The van der Waals surface area contributed by atoms with Crippen molar-refractivity contribution in [1.29, 1.82) is 5.26 Å². The van der Waals surface area contributed by atoms with Gasteiger partial charge in [0.25, 0.3) is 0 Å². The Morgan fingerprint density at radius 2 is 2.25 bits per heavy atom. The van der Waals surface area contributed by atoms with Crippen LogP contribution in [0.3, 0.4) is 0 Å². The summed E-state index contributed by atoms with van der Waals surface area (Å²) in [6.07, 6.45) is 1.12. The number of rotatable bonds is 5. The van der Waals surface area contributed by atoms with Gasteiger partial charge in [-0.3, -0.25) is 0 Å². The van der Waals surface area contributed by atoms with Gasteiger partial charge in [-0.1, -0.05) is 20.4 Å². The van der Waals surface area contributed by atoms with Gasteiger partial charge in [0.2, 0.25) is 0 Å². The van der Waals surface area contributed by atoms with Crippen LogP contribution in [0.5, 0.6) is 0 Å². The fourth-order valence-corrected chi connectivity index (χ4v) is 1.06. The molecule has 0 aliphatic rings. The summed E-state index contributed by atoms with van der Waals surface area (Å²) in [4.78, 5) is 3.67. The number of nitriles is 1. The lowest BCUT2D eigenvalue weighted by atomic mass is 9.95. The Morgan fingerprint density at radius 1 is 1.67 bits per heavy atom. The largest absolute Gasteiger partial charge is 0.664 e. The maximum Gasteiger partial charge on any atom is 0.0812 e. The summed E-state index contributed by atoms with van der Waals surface area (Å²) in [5.41, 5.74) is 0. The average molecular weight is 168 g/mol. The van der Waals surface area contributed by atoms with Gasteiger partial charge in [-0.05, 0) is 12.3 Å². The zero-order valence-corrected chi connectivity index (χ0v) is 7.54. The summed E-state index contributed by atoms with van der Waals surface area (Å²) < 4.78 is 0. The molecule has 68 valence electrons. The molecule has 0 aliphatic heterocycles. The molecule has 3 heteroatoms. The second-order valence-corrected chi connectivity index (χ2v) is 3.28. The first-order valence-corrected chi connectivity index (χ1v) is 3.97. The van der Waals surface area contributed by atoms with Crippen molar-refractivity contribution < 1.29 is 10.1 Å². The van der Waals surface area contributed by atoms with Gasteiger partial charge in [0.1, 0.15) is 0 Å². The molecule has 0 aromatic rings. The molecular weight excluding hydrogens is 154 g/mol. The highest BCUT2D eigenvalue weighted by atomic mass is 17.1. The average Bonchev–Trinajstić information content (AvgIpc) is 2.02. The minimum absolute atomic E-state index is 0.141. The van der Waals surface area contributed by atoms with E-state index in [0.717, 1.165) is 6.42 Å². The third kappa shape index (κ3) is 4.75. The molecule has 0 amide bonds. The second kappa shape index (κ2) is 5.62. The Kier molecular flexibility index (Phi) is 5.14. The minimum atomic E-state index is -0.147. The summed E-state index contributed by atoms with van der Waals surface area (Å²) in [5.74, 6) is 0.447. The van der Waals surface area contributed by atoms with E-state index in [0.29, 0.717) is 12.3 Å². The quantitative estimate of drug-likeness (QED) is 0.354. The van der Waals surface area contributed by atoms with Crippen molar-refractivity contribution in [3.8, 4) is 6.07 Å². The van der Waals surface area contributed by atoms with Gasteiger partial charge in [0.05, 0.1) is 17.7 Å². The predicted molar refractivity (Wildman–Crippen MR) is 43.4 cm³/mol. The molecule has 0 saturated heterocycles. The van der Waals surface area contributed by atoms with Crippen molar-refractivity contribution in [2.24, 2.45) is 11.8 Å². The van der Waals surface area contributed by atoms with Gasteiger partial charge in [0, 0.05) is 6.42 Å². The second-order valence-electron chi connectivity index (χ2n) is 3.28. The lowest BCUT2D eigenvalue weighted by Gasteiger charge is -2.15. The molecule has 0 saturated carbocycles. The van der Waals surface area contributed by atoms with Crippen LogP contribution in [0.25, 0.3) is 0 Å². The fraction of sp³-hybridized carbons (Fsp3) is 0.667. The van der Waals surface area contributed by atoms with E-state index in [4.69, 9.17) is 5.26 Å². The first kappa shape index (κ1) is 11.0. The highest BCUT2D eigenvalue weighted by molar-refractivity contribution is 4.93. The maximum absolute atomic E-state index is 9.86. The monoisotopic (exact) mass is 168 g/mol. The summed E-state index contributed by atoms with van der Waals surface area (Å²) >= 11 is 0. The van der Waals surface area contributed by atoms with Gasteiger partial charge >= 0.3 is 0 Å². The van der Waals surface area contributed by atoms with E-state index in [1.165, 1.54) is 0 Å². The standard InChI is InChI=1S/C9H15NO2/c1-7(2)4-9(6-10)5-8(3)12-11/h7,9,11H,3-5H2,1-2H3/p-1/t9-/m0/s1. The van der Waals surface area contributed by atoms with Crippen molar-refractivity contribution in [3.05, 3.63) is 12.3 Å². The van der Waals surface area contributed by atoms with E-state index in [1.54, 1.807) is 0 Å². The van der Waals surface area contributed by atoms with Gasteiger partial charge in [-0.15, -0.1) is 0 Å². The lowest BCUT2D eigenvalue weighted by molar-refractivity contribution is -0.672.